The lowest BCUT2D eigenvalue weighted by Crippen LogP contribution is -2.10. The van der Waals surface area contributed by atoms with E-state index in [9.17, 15) is 4.79 Å². The zero-order valence-corrected chi connectivity index (χ0v) is 12.2. The number of hydrogen-bond donors (Lipinski definition) is 1. The molecule has 0 saturated carbocycles. The Morgan fingerprint density at radius 1 is 1.24 bits per heavy atom. The van der Waals surface area contributed by atoms with Crippen LogP contribution in [0.5, 0.6) is 0 Å². The Morgan fingerprint density at radius 2 is 2.05 bits per heavy atom. The highest BCUT2D eigenvalue weighted by Crippen LogP contribution is 2.27. The summed E-state index contributed by atoms with van der Waals surface area (Å²) in [4.78, 5) is 11.5. The zero-order chi connectivity index (χ0) is 14.7. The Kier molecular flexibility index (Phi) is 3.99. The first-order valence-corrected chi connectivity index (χ1v) is 7.52. The molecule has 1 amide bonds. The van der Waals surface area contributed by atoms with Gasteiger partial charge in [-0.3, -0.25) is 10.1 Å². The highest BCUT2D eigenvalue weighted by Gasteiger charge is 2.14. The van der Waals surface area contributed by atoms with Crippen molar-refractivity contribution in [3.05, 3.63) is 29.3 Å². The second-order valence-corrected chi connectivity index (χ2v) is 5.40. The molecule has 0 bridgehead atoms. The second kappa shape index (κ2) is 6.08. The smallest absolute Gasteiger partial charge is 0.322 e. The second-order valence-electron chi connectivity index (χ2n) is 5.40. The summed E-state index contributed by atoms with van der Waals surface area (Å²) in [6, 6.07) is 6.44. The molecule has 1 N–H and O–H groups in total. The van der Waals surface area contributed by atoms with Crippen molar-refractivity contribution in [1.29, 1.82) is 0 Å². The Balaban J connectivity index is 1.78. The van der Waals surface area contributed by atoms with E-state index in [2.05, 4.69) is 27.6 Å². The minimum absolute atomic E-state index is 0.0989. The Bertz CT molecular complexity index is 649. The van der Waals surface area contributed by atoms with Gasteiger partial charge in [-0.15, -0.1) is 5.10 Å². The molecule has 5 nitrogen and oxygen atoms in total. The molecular formula is C16H19N3O2. The lowest BCUT2D eigenvalue weighted by Gasteiger charge is -2.15. The fraction of sp³-hybridized carbons (Fsp3) is 0.438. The summed E-state index contributed by atoms with van der Waals surface area (Å²) in [5, 5.41) is 10.5. The van der Waals surface area contributed by atoms with Gasteiger partial charge in [0.25, 0.3) is 0 Å². The van der Waals surface area contributed by atoms with E-state index >= 15 is 0 Å². The molecule has 0 atom stereocenters. The first-order chi connectivity index (χ1) is 10.3. The molecule has 0 fully saturated rings. The summed E-state index contributed by atoms with van der Waals surface area (Å²) in [5.41, 5.74) is 3.70. The molecule has 1 aliphatic carbocycles. The number of nitrogens with zero attached hydrogens (tertiary/aromatic N) is 2. The molecule has 1 aromatic carbocycles. The van der Waals surface area contributed by atoms with Gasteiger partial charge in [0, 0.05) is 12.0 Å². The Hall–Kier alpha value is -2.17. The number of aromatic nitrogens is 2. The van der Waals surface area contributed by atoms with Crippen molar-refractivity contribution in [1.82, 2.24) is 10.2 Å². The fourth-order valence-corrected chi connectivity index (χ4v) is 2.67. The van der Waals surface area contributed by atoms with Crippen LogP contribution in [-0.2, 0) is 17.6 Å². The van der Waals surface area contributed by atoms with Gasteiger partial charge < -0.3 is 4.42 Å². The van der Waals surface area contributed by atoms with E-state index in [4.69, 9.17) is 4.42 Å². The molecule has 1 aliphatic rings. The van der Waals surface area contributed by atoms with Gasteiger partial charge in [-0.1, -0.05) is 18.1 Å². The lowest BCUT2D eigenvalue weighted by atomic mass is 9.90. The van der Waals surface area contributed by atoms with Gasteiger partial charge in [-0.25, -0.2) is 0 Å². The molecule has 2 aromatic rings. The molecule has 5 heteroatoms. The van der Waals surface area contributed by atoms with Gasteiger partial charge >= 0.3 is 6.01 Å². The van der Waals surface area contributed by atoms with Gasteiger partial charge in [0.2, 0.25) is 11.8 Å². The number of benzene rings is 1. The van der Waals surface area contributed by atoms with Crippen molar-refractivity contribution < 1.29 is 9.21 Å². The van der Waals surface area contributed by atoms with Gasteiger partial charge in [-0.2, -0.15) is 0 Å². The molecule has 0 aliphatic heterocycles. The van der Waals surface area contributed by atoms with Gasteiger partial charge in [0.15, 0.2) is 0 Å². The molecule has 0 radical (unpaired) electrons. The van der Waals surface area contributed by atoms with E-state index in [1.807, 2.05) is 13.0 Å². The number of aryl methyl sites for hydroxylation is 2. The highest BCUT2D eigenvalue weighted by molar-refractivity contribution is 5.88. The minimum Gasteiger partial charge on any atom is -0.403 e. The van der Waals surface area contributed by atoms with Crippen molar-refractivity contribution in [3.63, 3.8) is 0 Å². The molecule has 3 rings (SSSR count). The Labute approximate surface area is 123 Å². The van der Waals surface area contributed by atoms with Crippen LogP contribution in [0.3, 0.4) is 0 Å². The summed E-state index contributed by atoms with van der Waals surface area (Å²) in [6.07, 6.45) is 6.00. The van der Waals surface area contributed by atoms with Crippen molar-refractivity contribution in [2.45, 2.75) is 45.4 Å². The van der Waals surface area contributed by atoms with Crippen LogP contribution < -0.4 is 5.32 Å². The lowest BCUT2D eigenvalue weighted by molar-refractivity contribution is -0.116. The number of fused-ring (bicyclic) bond motifs is 1. The summed E-state index contributed by atoms with van der Waals surface area (Å²) < 4.78 is 5.52. The predicted octanol–water partition coefficient (Wildman–Crippen LogP) is 3.35. The maximum Gasteiger partial charge on any atom is 0.322 e. The van der Waals surface area contributed by atoms with Crippen LogP contribution in [0.15, 0.2) is 22.6 Å². The van der Waals surface area contributed by atoms with Crippen LogP contribution in [-0.4, -0.2) is 16.1 Å². The van der Waals surface area contributed by atoms with E-state index in [1.54, 1.807) is 0 Å². The maximum absolute atomic E-state index is 11.5. The number of carbonyl (C=O) groups is 1. The number of amides is 1. The van der Waals surface area contributed by atoms with Crippen molar-refractivity contribution in [3.8, 4) is 11.5 Å². The first-order valence-electron chi connectivity index (χ1n) is 7.52. The topological polar surface area (TPSA) is 68.0 Å². The molecule has 1 aromatic heterocycles. The maximum atomic E-state index is 11.5. The zero-order valence-electron chi connectivity index (χ0n) is 12.2. The molecule has 21 heavy (non-hydrogen) atoms. The standard InChI is InChI=1S/C16H19N3O2/c1-2-5-14(20)17-16-19-18-15(21-16)13-9-8-11-6-3-4-7-12(11)10-13/h8-10H,2-7H2,1H3,(H,17,19,20). The number of nitrogens with one attached hydrogen (secondary N) is 1. The van der Waals surface area contributed by atoms with Gasteiger partial charge in [0.05, 0.1) is 0 Å². The molecule has 0 saturated heterocycles. The summed E-state index contributed by atoms with van der Waals surface area (Å²) in [7, 11) is 0. The van der Waals surface area contributed by atoms with Gasteiger partial charge in [-0.05, 0) is 55.4 Å². The van der Waals surface area contributed by atoms with Crippen LogP contribution in [0, 0.1) is 0 Å². The monoisotopic (exact) mass is 285 g/mol. The predicted molar refractivity (Wildman–Crippen MR) is 79.9 cm³/mol. The average molecular weight is 285 g/mol. The first kappa shape index (κ1) is 13.8. The van der Waals surface area contributed by atoms with Crippen molar-refractivity contribution in [2.75, 3.05) is 5.32 Å². The third kappa shape index (κ3) is 3.12. The molecule has 0 unspecified atom stereocenters. The van der Waals surface area contributed by atoms with E-state index in [0.717, 1.165) is 24.8 Å². The average Bonchev–Trinajstić information content (AvgIpc) is 2.95. The van der Waals surface area contributed by atoms with E-state index in [-0.39, 0.29) is 11.9 Å². The van der Waals surface area contributed by atoms with E-state index in [0.29, 0.717) is 12.3 Å². The van der Waals surface area contributed by atoms with E-state index < -0.39 is 0 Å². The van der Waals surface area contributed by atoms with Gasteiger partial charge in [0.1, 0.15) is 0 Å². The summed E-state index contributed by atoms with van der Waals surface area (Å²) in [6.45, 7) is 1.95. The van der Waals surface area contributed by atoms with Crippen LogP contribution in [0.2, 0.25) is 0 Å². The van der Waals surface area contributed by atoms with Crippen LogP contribution in [0.4, 0.5) is 6.01 Å². The molecule has 1 heterocycles. The number of hydrogen-bond acceptors (Lipinski definition) is 4. The molecule has 110 valence electrons. The Morgan fingerprint density at radius 3 is 2.86 bits per heavy atom. The van der Waals surface area contributed by atoms with E-state index in [1.165, 1.54) is 24.0 Å². The quantitative estimate of drug-likeness (QED) is 0.935. The SMILES string of the molecule is CCCC(=O)Nc1nnc(-c2ccc3c(c2)CCCC3)o1. The molecular weight excluding hydrogens is 266 g/mol. The fourth-order valence-electron chi connectivity index (χ4n) is 2.67. The number of anilines is 1. The van der Waals surface area contributed by atoms with Crippen molar-refractivity contribution in [2.24, 2.45) is 0 Å². The van der Waals surface area contributed by atoms with Crippen LogP contribution in [0.25, 0.3) is 11.5 Å². The third-order valence-electron chi connectivity index (χ3n) is 3.74. The highest BCUT2D eigenvalue weighted by atomic mass is 16.4. The molecule has 0 spiro atoms. The van der Waals surface area contributed by atoms with Crippen molar-refractivity contribution >= 4 is 11.9 Å². The summed E-state index contributed by atoms with van der Waals surface area (Å²) >= 11 is 0. The largest absolute Gasteiger partial charge is 0.403 e. The number of rotatable bonds is 4. The van der Waals surface area contributed by atoms with Crippen LogP contribution >= 0.6 is 0 Å². The third-order valence-corrected chi connectivity index (χ3v) is 3.74. The normalized spacial score (nSPS) is 13.8. The number of carbonyl (C=O) groups excluding carboxylic acids is 1. The minimum atomic E-state index is -0.0989. The van der Waals surface area contributed by atoms with Crippen LogP contribution in [0.1, 0.15) is 43.7 Å². The summed E-state index contributed by atoms with van der Waals surface area (Å²) in [5.74, 6) is 0.355.